The van der Waals surface area contributed by atoms with Crippen molar-refractivity contribution in [2.45, 2.75) is 45.6 Å². The number of hydrogen-bond acceptors (Lipinski definition) is 6. The molecular formula is C18H25ClN2O4. The van der Waals surface area contributed by atoms with Crippen molar-refractivity contribution < 1.29 is 19.1 Å². The minimum atomic E-state index is -0.590. The highest BCUT2D eigenvalue weighted by Gasteiger charge is 2.25. The lowest BCUT2D eigenvalue weighted by molar-refractivity contribution is -0.141. The van der Waals surface area contributed by atoms with Gasteiger partial charge in [-0.05, 0) is 51.7 Å². The summed E-state index contributed by atoms with van der Waals surface area (Å²) < 4.78 is 10.1. The Bertz CT molecular complexity index is 642. The molecule has 1 atom stereocenters. The monoisotopic (exact) mass is 368 g/mol. The van der Waals surface area contributed by atoms with Gasteiger partial charge < -0.3 is 14.4 Å². The molecule has 2 rings (SSSR count). The molecule has 0 N–H and O–H groups in total. The van der Waals surface area contributed by atoms with Crippen LogP contribution in [-0.2, 0) is 14.3 Å². The van der Waals surface area contributed by atoms with Gasteiger partial charge in [-0.15, -0.1) is 0 Å². The van der Waals surface area contributed by atoms with Gasteiger partial charge in [-0.25, -0.2) is 9.78 Å². The molecule has 0 radical (unpaired) electrons. The van der Waals surface area contributed by atoms with Gasteiger partial charge >= 0.3 is 11.9 Å². The average Bonchev–Trinajstić information content (AvgIpc) is 2.53. The number of methoxy groups -OCH3 is 1. The Balaban J connectivity index is 2.09. The number of esters is 2. The highest BCUT2D eigenvalue weighted by Crippen LogP contribution is 2.27. The maximum Gasteiger partial charge on any atom is 0.341 e. The molecule has 0 aromatic carbocycles. The van der Waals surface area contributed by atoms with E-state index in [1.807, 2.05) is 0 Å². The molecule has 1 aliphatic rings. The smallest absolute Gasteiger partial charge is 0.341 e. The Morgan fingerprint density at radius 2 is 2.08 bits per heavy atom. The molecule has 1 fully saturated rings. The van der Waals surface area contributed by atoms with Crippen molar-refractivity contribution >= 4 is 29.4 Å². The van der Waals surface area contributed by atoms with Gasteiger partial charge in [0, 0.05) is 19.5 Å². The van der Waals surface area contributed by atoms with E-state index in [2.05, 4.69) is 9.88 Å². The SMILES string of the molecule is COC(=O)C[C@@H]1CCCN(c2ccc(C(=O)OC(C)(C)C)c(Cl)n2)C1. The van der Waals surface area contributed by atoms with Crippen molar-refractivity contribution in [3.63, 3.8) is 0 Å². The molecule has 1 aromatic rings. The standard InChI is InChI=1S/C18H25ClN2O4/c1-18(2,3)25-17(23)13-7-8-14(20-16(13)19)21-9-5-6-12(11-21)10-15(22)24-4/h7-8,12H,5-6,9-11H2,1-4H3/t12-/m0/s1. The quantitative estimate of drug-likeness (QED) is 0.598. The Hall–Kier alpha value is -1.82. The van der Waals surface area contributed by atoms with E-state index in [0.29, 0.717) is 18.8 Å². The van der Waals surface area contributed by atoms with Crippen molar-refractivity contribution in [1.82, 2.24) is 4.98 Å². The van der Waals surface area contributed by atoms with Gasteiger partial charge in [-0.2, -0.15) is 0 Å². The zero-order chi connectivity index (χ0) is 18.6. The van der Waals surface area contributed by atoms with Crippen LogP contribution >= 0.6 is 11.6 Å². The van der Waals surface area contributed by atoms with Crippen LogP contribution in [0.25, 0.3) is 0 Å². The first kappa shape index (κ1) is 19.5. The minimum Gasteiger partial charge on any atom is -0.469 e. The normalized spacial score (nSPS) is 18.0. The first-order chi connectivity index (χ1) is 11.7. The Morgan fingerprint density at radius 3 is 2.68 bits per heavy atom. The molecule has 0 amide bonds. The molecule has 1 aromatic heterocycles. The number of aromatic nitrogens is 1. The number of anilines is 1. The van der Waals surface area contributed by atoms with Gasteiger partial charge in [-0.1, -0.05) is 11.6 Å². The van der Waals surface area contributed by atoms with Crippen molar-refractivity contribution in [2.24, 2.45) is 5.92 Å². The zero-order valence-corrected chi connectivity index (χ0v) is 15.9. The number of ether oxygens (including phenoxy) is 2. The first-order valence-electron chi connectivity index (χ1n) is 8.41. The fraction of sp³-hybridized carbons (Fsp3) is 0.611. The van der Waals surface area contributed by atoms with Crippen LogP contribution in [0.3, 0.4) is 0 Å². The van der Waals surface area contributed by atoms with Crippen LogP contribution in [0.1, 0.15) is 50.4 Å². The average molecular weight is 369 g/mol. The van der Waals surface area contributed by atoms with E-state index < -0.39 is 11.6 Å². The van der Waals surface area contributed by atoms with E-state index in [9.17, 15) is 9.59 Å². The van der Waals surface area contributed by atoms with Crippen molar-refractivity contribution in [3.05, 3.63) is 22.8 Å². The molecule has 7 heteroatoms. The third kappa shape index (κ3) is 5.59. The summed E-state index contributed by atoms with van der Waals surface area (Å²) in [7, 11) is 1.40. The predicted octanol–water partition coefficient (Wildman–Crippen LogP) is 3.47. The molecule has 138 valence electrons. The van der Waals surface area contributed by atoms with Crippen LogP contribution in [0.2, 0.25) is 5.15 Å². The van der Waals surface area contributed by atoms with Crippen molar-refractivity contribution in [3.8, 4) is 0 Å². The Kier molecular flexibility index (Phi) is 6.27. The topological polar surface area (TPSA) is 68.7 Å². The van der Waals surface area contributed by atoms with Crippen LogP contribution in [0, 0.1) is 5.92 Å². The maximum atomic E-state index is 12.2. The van der Waals surface area contributed by atoms with Gasteiger partial charge in [-0.3, -0.25) is 4.79 Å². The van der Waals surface area contributed by atoms with E-state index >= 15 is 0 Å². The largest absolute Gasteiger partial charge is 0.469 e. The number of rotatable bonds is 4. The van der Waals surface area contributed by atoms with E-state index in [1.54, 1.807) is 32.9 Å². The molecule has 2 heterocycles. The lowest BCUT2D eigenvalue weighted by Crippen LogP contribution is -2.37. The molecule has 0 bridgehead atoms. The number of piperidine rings is 1. The second-order valence-electron chi connectivity index (χ2n) is 7.24. The molecule has 0 saturated carbocycles. The molecule has 25 heavy (non-hydrogen) atoms. The Labute approximate surface area is 153 Å². The fourth-order valence-corrected chi connectivity index (χ4v) is 3.07. The lowest BCUT2D eigenvalue weighted by Gasteiger charge is -2.33. The number of carbonyl (C=O) groups excluding carboxylic acids is 2. The lowest BCUT2D eigenvalue weighted by atomic mass is 9.95. The Morgan fingerprint density at radius 1 is 1.36 bits per heavy atom. The predicted molar refractivity (Wildman–Crippen MR) is 96.0 cm³/mol. The molecule has 0 aliphatic carbocycles. The maximum absolute atomic E-state index is 12.2. The second kappa shape index (κ2) is 8.04. The molecular weight excluding hydrogens is 344 g/mol. The van der Waals surface area contributed by atoms with Crippen molar-refractivity contribution in [2.75, 3.05) is 25.1 Å². The number of pyridine rings is 1. The van der Waals surface area contributed by atoms with E-state index in [0.717, 1.165) is 19.4 Å². The minimum absolute atomic E-state index is 0.127. The molecule has 1 aliphatic heterocycles. The summed E-state index contributed by atoms with van der Waals surface area (Å²) in [6.07, 6.45) is 2.35. The molecule has 6 nitrogen and oxygen atoms in total. The zero-order valence-electron chi connectivity index (χ0n) is 15.2. The number of halogens is 1. The molecule has 0 spiro atoms. The third-order valence-corrected chi connectivity index (χ3v) is 4.27. The first-order valence-corrected chi connectivity index (χ1v) is 8.79. The summed E-state index contributed by atoms with van der Waals surface area (Å²) >= 11 is 6.20. The third-order valence-electron chi connectivity index (χ3n) is 3.98. The summed E-state index contributed by atoms with van der Waals surface area (Å²) in [6, 6.07) is 3.41. The van der Waals surface area contributed by atoms with Crippen molar-refractivity contribution in [1.29, 1.82) is 0 Å². The van der Waals surface area contributed by atoms with E-state index in [-0.39, 0.29) is 22.6 Å². The number of nitrogens with zero attached hydrogens (tertiary/aromatic N) is 2. The van der Waals surface area contributed by atoms with Gasteiger partial charge in [0.2, 0.25) is 0 Å². The van der Waals surface area contributed by atoms with E-state index in [1.165, 1.54) is 7.11 Å². The van der Waals surface area contributed by atoms with Crippen LogP contribution in [0.15, 0.2) is 12.1 Å². The summed E-state index contributed by atoms with van der Waals surface area (Å²) in [5, 5.41) is 0.127. The van der Waals surface area contributed by atoms with Gasteiger partial charge in [0.05, 0.1) is 12.7 Å². The number of hydrogen-bond donors (Lipinski definition) is 0. The highest BCUT2D eigenvalue weighted by molar-refractivity contribution is 6.32. The summed E-state index contributed by atoms with van der Waals surface area (Å²) in [5.74, 6) is 0.246. The fourth-order valence-electron chi connectivity index (χ4n) is 2.84. The number of carbonyl (C=O) groups is 2. The van der Waals surface area contributed by atoms with E-state index in [4.69, 9.17) is 21.1 Å². The second-order valence-corrected chi connectivity index (χ2v) is 7.60. The molecule has 0 unspecified atom stereocenters. The highest BCUT2D eigenvalue weighted by atomic mass is 35.5. The van der Waals surface area contributed by atoms with Gasteiger partial charge in [0.1, 0.15) is 16.6 Å². The summed E-state index contributed by atoms with van der Waals surface area (Å²) in [6.45, 7) is 6.96. The van der Waals surface area contributed by atoms with Gasteiger partial charge in [0.15, 0.2) is 0 Å². The van der Waals surface area contributed by atoms with Gasteiger partial charge in [0.25, 0.3) is 0 Å². The van der Waals surface area contributed by atoms with Crippen LogP contribution in [0.5, 0.6) is 0 Å². The van der Waals surface area contributed by atoms with Crippen LogP contribution < -0.4 is 4.90 Å². The van der Waals surface area contributed by atoms with Crippen LogP contribution in [0.4, 0.5) is 5.82 Å². The van der Waals surface area contributed by atoms with Crippen LogP contribution in [-0.4, -0.2) is 42.7 Å². The molecule has 1 saturated heterocycles. The summed E-state index contributed by atoms with van der Waals surface area (Å²) in [5.41, 5.74) is -0.337. The summed E-state index contributed by atoms with van der Waals surface area (Å²) in [4.78, 5) is 30.1.